The van der Waals surface area contributed by atoms with Crippen molar-refractivity contribution in [2.24, 2.45) is 0 Å². The van der Waals surface area contributed by atoms with Crippen LogP contribution in [0, 0.1) is 0 Å². The van der Waals surface area contributed by atoms with E-state index in [1.54, 1.807) is 18.7 Å². The summed E-state index contributed by atoms with van der Waals surface area (Å²) in [5, 5.41) is 9.23. The van der Waals surface area contributed by atoms with Crippen molar-refractivity contribution in [2.45, 2.75) is 29.8 Å². The van der Waals surface area contributed by atoms with Crippen molar-refractivity contribution in [1.82, 2.24) is 0 Å². The summed E-state index contributed by atoms with van der Waals surface area (Å²) in [4.78, 5) is 12.3. The number of thioether (sulfide) groups is 1. The lowest BCUT2D eigenvalue weighted by Gasteiger charge is -2.17. The molecule has 0 aromatic heterocycles. The molecule has 0 radical (unpaired) electrons. The summed E-state index contributed by atoms with van der Waals surface area (Å²) in [5.74, 6) is 1.36. The van der Waals surface area contributed by atoms with E-state index in [1.807, 2.05) is 72.8 Å². The highest BCUT2D eigenvalue weighted by Crippen LogP contribution is 2.48. The van der Waals surface area contributed by atoms with Gasteiger partial charge in [0, 0.05) is 18.6 Å². The van der Waals surface area contributed by atoms with E-state index in [0.717, 1.165) is 27.5 Å². The minimum absolute atomic E-state index is 0.206. The number of para-hydroxylation sites is 2. The molecule has 0 fully saturated rings. The van der Waals surface area contributed by atoms with Crippen LogP contribution in [0.15, 0.2) is 77.7 Å². The van der Waals surface area contributed by atoms with Crippen molar-refractivity contribution >= 4 is 17.7 Å². The van der Waals surface area contributed by atoms with Crippen LogP contribution in [0.1, 0.15) is 23.5 Å². The van der Waals surface area contributed by atoms with E-state index in [1.165, 1.54) is 0 Å². The highest BCUT2D eigenvalue weighted by Gasteiger charge is 2.24. The van der Waals surface area contributed by atoms with Gasteiger partial charge in [-0.2, -0.15) is 0 Å². The number of hydrogen-bond acceptors (Lipinski definition) is 6. The van der Waals surface area contributed by atoms with Crippen LogP contribution in [-0.2, 0) is 20.7 Å². The summed E-state index contributed by atoms with van der Waals surface area (Å²) in [5.41, 5.74) is 1.66. The first-order valence-corrected chi connectivity index (χ1v) is 11.7. The lowest BCUT2D eigenvalue weighted by molar-refractivity contribution is -0.149. The number of rotatable bonds is 10. The van der Waals surface area contributed by atoms with E-state index in [9.17, 15) is 9.90 Å². The number of carboxylic acids is 1. The quantitative estimate of drug-likeness (QED) is 0.384. The maximum Gasteiger partial charge on any atom is 0.333 e. The van der Waals surface area contributed by atoms with Gasteiger partial charge in [-0.15, -0.1) is 0 Å². The lowest BCUT2D eigenvalue weighted by atomic mass is 10.1. The molecule has 33 heavy (non-hydrogen) atoms. The summed E-state index contributed by atoms with van der Waals surface area (Å²) in [6.07, 6.45) is -0.529. The summed E-state index contributed by atoms with van der Waals surface area (Å²) >= 11 is 1.62. The second-order valence-electron chi connectivity index (χ2n) is 7.39. The van der Waals surface area contributed by atoms with Gasteiger partial charge in [0.15, 0.2) is 6.10 Å². The molecule has 0 amide bonds. The molecule has 172 valence electrons. The fourth-order valence-corrected chi connectivity index (χ4v) is 4.59. The monoisotopic (exact) mass is 466 g/mol. The Morgan fingerprint density at radius 3 is 2.48 bits per heavy atom. The number of aliphatic carboxylic acids is 1. The van der Waals surface area contributed by atoms with Gasteiger partial charge in [-0.25, -0.2) is 4.79 Å². The zero-order valence-corrected chi connectivity index (χ0v) is 19.1. The second-order valence-corrected chi connectivity index (χ2v) is 8.49. The number of benzene rings is 3. The van der Waals surface area contributed by atoms with E-state index in [4.69, 9.17) is 18.9 Å². The van der Waals surface area contributed by atoms with Crippen molar-refractivity contribution < 1.29 is 28.8 Å². The van der Waals surface area contributed by atoms with Crippen LogP contribution < -0.4 is 9.47 Å². The Bertz CT molecular complexity index is 1070. The zero-order chi connectivity index (χ0) is 23.0. The number of fused-ring (bicyclic) bond motifs is 2. The van der Waals surface area contributed by atoms with E-state index in [0.29, 0.717) is 32.0 Å². The summed E-state index contributed by atoms with van der Waals surface area (Å²) in [6.45, 7) is 2.94. The van der Waals surface area contributed by atoms with Gasteiger partial charge in [-0.1, -0.05) is 54.2 Å². The molecule has 3 aromatic rings. The predicted molar refractivity (Wildman–Crippen MR) is 126 cm³/mol. The molecular formula is C26H26O6S. The molecule has 2 unspecified atom stereocenters. The van der Waals surface area contributed by atoms with Gasteiger partial charge in [0.05, 0.1) is 11.5 Å². The normalized spacial score (nSPS) is 15.5. The van der Waals surface area contributed by atoms with Crippen molar-refractivity contribution in [3.8, 4) is 17.2 Å². The van der Waals surface area contributed by atoms with Crippen LogP contribution in [0.3, 0.4) is 0 Å². The van der Waals surface area contributed by atoms with Gasteiger partial charge >= 0.3 is 5.97 Å². The summed E-state index contributed by atoms with van der Waals surface area (Å²) in [7, 11) is 0. The van der Waals surface area contributed by atoms with Crippen molar-refractivity contribution in [1.29, 1.82) is 0 Å². The molecule has 6 nitrogen and oxygen atoms in total. The standard InChI is InChI=1S/C26H26O6S/c1-2-29-23(25(27)28)17-18-11-13-19(14-12-18)30-15-16-31-26-20-7-3-4-8-21(20)32-22-9-5-6-10-24(22)33-26/h3-14,23,26H,2,15-17H2,1H3,(H,27,28). The Labute approximate surface area is 197 Å². The minimum atomic E-state index is -0.958. The first-order valence-electron chi connectivity index (χ1n) is 10.8. The Kier molecular flexibility index (Phi) is 7.88. The zero-order valence-electron chi connectivity index (χ0n) is 18.3. The van der Waals surface area contributed by atoms with Crippen LogP contribution in [0.2, 0.25) is 0 Å². The van der Waals surface area contributed by atoms with Gasteiger partial charge < -0.3 is 24.1 Å². The fraction of sp³-hybridized carbons (Fsp3) is 0.269. The average Bonchev–Trinajstić information content (AvgIpc) is 2.99. The highest BCUT2D eigenvalue weighted by atomic mass is 32.2. The molecule has 0 aliphatic carbocycles. The van der Waals surface area contributed by atoms with Crippen LogP contribution in [0.5, 0.6) is 17.2 Å². The number of hydrogen-bond donors (Lipinski definition) is 1. The summed E-state index contributed by atoms with van der Waals surface area (Å²) < 4.78 is 23.4. The molecule has 1 heterocycles. The molecule has 7 heteroatoms. The SMILES string of the molecule is CCOC(Cc1ccc(OCCOC2Sc3ccccc3Oc3ccccc32)cc1)C(=O)O. The smallest absolute Gasteiger partial charge is 0.333 e. The Balaban J connectivity index is 1.32. The topological polar surface area (TPSA) is 74.2 Å². The van der Waals surface area contributed by atoms with Gasteiger partial charge in [0.25, 0.3) is 0 Å². The molecule has 0 saturated carbocycles. The van der Waals surface area contributed by atoms with E-state index >= 15 is 0 Å². The third-order valence-corrected chi connectivity index (χ3v) is 6.28. The van der Waals surface area contributed by atoms with Crippen molar-refractivity contribution in [2.75, 3.05) is 19.8 Å². The van der Waals surface area contributed by atoms with Crippen LogP contribution in [0.4, 0.5) is 0 Å². The van der Waals surface area contributed by atoms with E-state index < -0.39 is 12.1 Å². The molecule has 0 spiro atoms. The summed E-state index contributed by atoms with van der Waals surface area (Å²) in [6, 6.07) is 23.2. The largest absolute Gasteiger partial charge is 0.491 e. The first kappa shape index (κ1) is 23.2. The fourth-order valence-electron chi connectivity index (χ4n) is 3.49. The van der Waals surface area contributed by atoms with E-state index in [-0.39, 0.29) is 5.44 Å². The van der Waals surface area contributed by atoms with Crippen LogP contribution in [0.25, 0.3) is 0 Å². The Morgan fingerprint density at radius 2 is 1.73 bits per heavy atom. The maximum absolute atomic E-state index is 11.3. The third kappa shape index (κ3) is 6.07. The maximum atomic E-state index is 11.3. The van der Waals surface area contributed by atoms with Gasteiger partial charge in [0.2, 0.25) is 0 Å². The first-order chi connectivity index (χ1) is 16.1. The number of ether oxygens (including phenoxy) is 4. The van der Waals surface area contributed by atoms with Crippen LogP contribution in [-0.4, -0.2) is 37.0 Å². The van der Waals surface area contributed by atoms with Crippen molar-refractivity contribution in [3.05, 3.63) is 83.9 Å². The van der Waals surface area contributed by atoms with Crippen molar-refractivity contribution in [3.63, 3.8) is 0 Å². The molecule has 0 saturated heterocycles. The van der Waals surface area contributed by atoms with Gasteiger partial charge in [-0.05, 0) is 42.8 Å². The lowest BCUT2D eigenvalue weighted by Crippen LogP contribution is -2.26. The molecule has 4 rings (SSSR count). The van der Waals surface area contributed by atoms with Gasteiger partial charge in [0.1, 0.15) is 29.3 Å². The third-order valence-electron chi connectivity index (χ3n) is 5.09. The molecule has 3 aromatic carbocycles. The molecular weight excluding hydrogens is 440 g/mol. The number of carboxylic acid groups (broad SMARTS) is 1. The molecule has 1 N–H and O–H groups in total. The Hall–Kier alpha value is -3.00. The molecule has 2 atom stereocenters. The molecule has 1 aliphatic rings. The molecule has 0 bridgehead atoms. The van der Waals surface area contributed by atoms with Gasteiger partial charge in [-0.3, -0.25) is 0 Å². The highest BCUT2D eigenvalue weighted by molar-refractivity contribution is 7.99. The number of carbonyl (C=O) groups is 1. The second kappa shape index (κ2) is 11.2. The average molecular weight is 467 g/mol. The predicted octanol–water partition coefficient (Wildman–Crippen LogP) is 5.71. The Morgan fingerprint density at radius 1 is 1.00 bits per heavy atom. The minimum Gasteiger partial charge on any atom is -0.491 e. The van der Waals surface area contributed by atoms with E-state index in [2.05, 4.69) is 0 Å². The van der Waals surface area contributed by atoms with Crippen LogP contribution >= 0.6 is 11.8 Å². The molecule has 1 aliphatic heterocycles.